The Labute approximate surface area is 457 Å². The highest BCUT2D eigenvalue weighted by molar-refractivity contribution is 6.28. The number of rotatable bonds is 10. The Hall–Kier alpha value is -8.86. The predicted molar refractivity (Wildman–Crippen MR) is 329 cm³/mol. The van der Waals surface area contributed by atoms with Gasteiger partial charge in [0.15, 0.2) is 0 Å². The molecule has 0 saturated heterocycles. The van der Waals surface area contributed by atoms with E-state index >= 15 is 8.78 Å². The van der Waals surface area contributed by atoms with E-state index < -0.39 is 0 Å². The van der Waals surface area contributed by atoms with E-state index in [1.54, 1.807) is 24.3 Å². The molecule has 0 heterocycles. The molecule has 0 aromatic heterocycles. The number of aryl methyl sites for hydroxylation is 10. The van der Waals surface area contributed by atoms with Crippen LogP contribution in [0.25, 0.3) is 76.8 Å². The summed E-state index contributed by atoms with van der Waals surface area (Å²) < 4.78 is 34.4. The molecule has 0 amide bonds. The molecule has 0 spiro atoms. The van der Waals surface area contributed by atoms with Crippen LogP contribution in [0.4, 0.5) is 42.9 Å². The van der Waals surface area contributed by atoms with Crippen LogP contribution in [0.15, 0.2) is 194 Å². The van der Waals surface area contributed by atoms with Gasteiger partial charge >= 0.3 is 0 Å². The van der Waals surface area contributed by atoms with Crippen molar-refractivity contribution >= 4 is 66.4 Å². The first-order valence-corrected chi connectivity index (χ1v) is 27.0. The van der Waals surface area contributed by atoms with Gasteiger partial charge < -0.3 is 9.80 Å². The van der Waals surface area contributed by atoms with Gasteiger partial charge in [-0.15, -0.1) is 0 Å². The van der Waals surface area contributed by atoms with Crippen molar-refractivity contribution in [3.8, 4) is 44.5 Å². The van der Waals surface area contributed by atoms with E-state index in [1.807, 2.05) is 26.0 Å². The lowest BCUT2D eigenvalue weighted by atomic mass is 9.89. The van der Waals surface area contributed by atoms with Gasteiger partial charge in [0.1, 0.15) is 11.6 Å². The van der Waals surface area contributed by atoms with Crippen LogP contribution in [0.3, 0.4) is 0 Å². The lowest BCUT2D eigenvalue weighted by Crippen LogP contribution is -2.15. The van der Waals surface area contributed by atoms with Gasteiger partial charge in [-0.2, -0.15) is 0 Å². The Morgan fingerprint density at radius 2 is 0.526 bits per heavy atom. The zero-order valence-corrected chi connectivity index (χ0v) is 46.1. The van der Waals surface area contributed by atoms with E-state index in [-0.39, 0.29) is 11.6 Å². The third-order valence-electron chi connectivity index (χ3n) is 16.4. The van der Waals surface area contributed by atoms with Crippen molar-refractivity contribution in [3.05, 3.63) is 261 Å². The lowest BCUT2D eigenvalue weighted by molar-refractivity contribution is 0.627. The average molecular weight is 1020 g/mol. The molecule has 0 saturated carbocycles. The number of para-hydroxylation sites is 2. The first-order chi connectivity index (χ1) is 37.7. The molecule has 12 rings (SSSR count). The number of nitrogens with zero attached hydrogens (tertiary/aromatic N) is 2. The summed E-state index contributed by atoms with van der Waals surface area (Å²) in [6.45, 7) is 21.3. The van der Waals surface area contributed by atoms with E-state index in [0.29, 0.717) is 11.4 Å². The number of hydrogen-bond donors (Lipinski definition) is 0. The number of halogens is 2. The van der Waals surface area contributed by atoms with Crippen LogP contribution in [-0.4, -0.2) is 0 Å². The van der Waals surface area contributed by atoms with Crippen LogP contribution in [0.2, 0.25) is 0 Å². The van der Waals surface area contributed by atoms with Crippen molar-refractivity contribution < 1.29 is 8.78 Å². The molecule has 0 aliphatic heterocycles. The van der Waals surface area contributed by atoms with Crippen LogP contribution in [0.1, 0.15) is 55.6 Å². The van der Waals surface area contributed by atoms with Gasteiger partial charge in [-0.25, -0.2) is 8.78 Å². The second-order valence-corrected chi connectivity index (χ2v) is 21.7. The molecule has 2 nitrogen and oxygen atoms in total. The van der Waals surface area contributed by atoms with Crippen LogP contribution in [0.5, 0.6) is 0 Å². The molecule has 0 bridgehead atoms. The number of benzene rings is 12. The molecule has 0 unspecified atom stereocenters. The number of anilines is 6. The SMILES string of the molecule is Cc1cccc(C)c1-c1cc(-c2c(C)cccc2C)cc(N(c2c(C)cccc2F)c2ccc3ccc4c(N(c5cc(-c6c(C)cccc6C)cc(-c6c(C)cccc6C)c5)c5c(C)cccc5F)ccc5ccc2c3c54)c1. The molecule has 12 aromatic carbocycles. The molecule has 0 aliphatic carbocycles. The lowest BCUT2D eigenvalue weighted by Gasteiger charge is -2.32. The quantitative estimate of drug-likeness (QED) is 0.126. The fraction of sp³-hybridized carbons (Fsp3) is 0.135. The topological polar surface area (TPSA) is 6.48 Å². The van der Waals surface area contributed by atoms with Gasteiger partial charge in [0.05, 0.1) is 22.7 Å². The minimum atomic E-state index is -0.312. The Bertz CT molecular complexity index is 3830. The third kappa shape index (κ3) is 8.39. The monoisotopic (exact) mass is 1020 g/mol. The molecule has 4 heteroatoms. The van der Waals surface area contributed by atoms with E-state index in [0.717, 1.165) is 111 Å². The molecular weight excluding hydrogens is 955 g/mol. The molecule has 78 heavy (non-hydrogen) atoms. The second kappa shape index (κ2) is 19.6. The van der Waals surface area contributed by atoms with Gasteiger partial charge in [0.25, 0.3) is 0 Å². The summed E-state index contributed by atoms with van der Waals surface area (Å²) in [6.07, 6.45) is 0. The van der Waals surface area contributed by atoms with Crippen molar-refractivity contribution in [2.45, 2.75) is 69.2 Å². The van der Waals surface area contributed by atoms with Gasteiger partial charge in [0.2, 0.25) is 0 Å². The van der Waals surface area contributed by atoms with Crippen LogP contribution in [0, 0.1) is 80.9 Å². The Kier molecular flexibility index (Phi) is 12.6. The van der Waals surface area contributed by atoms with Crippen molar-refractivity contribution in [3.63, 3.8) is 0 Å². The normalized spacial score (nSPS) is 11.6. The van der Waals surface area contributed by atoms with Crippen LogP contribution in [-0.2, 0) is 0 Å². The summed E-state index contributed by atoms with van der Waals surface area (Å²) in [6, 6.07) is 67.5. The molecule has 0 radical (unpaired) electrons. The van der Waals surface area contributed by atoms with Gasteiger partial charge in [0, 0.05) is 22.1 Å². The maximum Gasteiger partial charge on any atom is 0.147 e. The average Bonchev–Trinajstić information content (AvgIpc) is 3.42. The zero-order chi connectivity index (χ0) is 54.3. The highest BCUT2D eigenvalue weighted by atomic mass is 19.1. The fourth-order valence-electron chi connectivity index (χ4n) is 12.9. The Morgan fingerprint density at radius 1 is 0.269 bits per heavy atom. The summed E-state index contributed by atoms with van der Waals surface area (Å²) in [5.41, 5.74) is 24.3. The fourth-order valence-corrected chi connectivity index (χ4v) is 12.9. The van der Waals surface area contributed by atoms with E-state index in [9.17, 15) is 0 Å². The molecule has 0 N–H and O–H groups in total. The maximum absolute atomic E-state index is 17.2. The summed E-state index contributed by atoms with van der Waals surface area (Å²) in [5, 5.41) is 6.15. The summed E-state index contributed by atoms with van der Waals surface area (Å²) in [7, 11) is 0. The van der Waals surface area contributed by atoms with Gasteiger partial charge in [-0.1, -0.05) is 133 Å². The molecule has 0 fully saturated rings. The van der Waals surface area contributed by atoms with Crippen molar-refractivity contribution in [2.24, 2.45) is 0 Å². The van der Waals surface area contributed by atoms with Crippen LogP contribution < -0.4 is 9.80 Å². The van der Waals surface area contributed by atoms with Gasteiger partial charge in [-0.3, -0.25) is 0 Å². The largest absolute Gasteiger partial charge is 0.307 e. The highest BCUT2D eigenvalue weighted by Gasteiger charge is 2.28. The van der Waals surface area contributed by atoms with Crippen molar-refractivity contribution in [1.82, 2.24) is 0 Å². The van der Waals surface area contributed by atoms with E-state index in [1.165, 1.54) is 44.5 Å². The van der Waals surface area contributed by atoms with Gasteiger partial charge in [-0.05, 0) is 252 Å². The molecule has 12 aromatic rings. The van der Waals surface area contributed by atoms with Crippen LogP contribution >= 0.6 is 0 Å². The first-order valence-electron chi connectivity index (χ1n) is 27.0. The molecule has 382 valence electrons. The smallest absolute Gasteiger partial charge is 0.147 e. The maximum atomic E-state index is 17.2. The number of hydrogen-bond acceptors (Lipinski definition) is 2. The predicted octanol–water partition coefficient (Wildman–Crippen LogP) is 21.6. The minimum Gasteiger partial charge on any atom is -0.307 e. The summed E-state index contributed by atoms with van der Waals surface area (Å²) in [4.78, 5) is 4.30. The highest BCUT2D eigenvalue weighted by Crippen LogP contribution is 2.51. The molecular formula is C74H62F2N2. The van der Waals surface area contributed by atoms with Crippen molar-refractivity contribution in [2.75, 3.05) is 9.80 Å². The third-order valence-corrected chi connectivity index (χ3v) is 16.4. The van der Waals surface area contributed by atoms with Crippen molar-refractivity contribution in [1.29, 1.82) is 0 Å². The molecule has 0 atom stereocenters. The standard InChI is InChI=1S/C74H62F2N2/c1-43-17-11-18-44(2)67(43)55-37-56(68-45(3)19-12-20-46(68)4)40-59(39-55)77(73-51(9)25-15-27-63(73)75)65-35-31-53-30-34-62-66(36-32-54-29-33-61(65)71(53)72(54)62)78(74-52(10)26-16-28-64(74)76)60-41-57(69-47(5)21-13-22-48(69)6)38-58(42-60)70-49(7)23-14-24-50(70)8/h11-42H,1-10H3. The first kappa shape index (κ1) is 50.0. The molecule has 0 aliphatic rings. The Morgan fingerprint density at radius 3 is 0.808 bits per heavy atom. The zero-order valence-electron chi connectivity index (χ0n) is 46.1. The van der Waals surface area contributed by atoms with E-state index in [4.69, 9.17) is 0 Å². The second-order valence-electron chi connectivity index (χ2n) is 21.7. The minimum absolute atomic E-state index is 0.312. The van der Waals surface area contributed by atoms with E-state index in [2.05, 4.69) is 223 Å². The summed E-state index contributed by atoms with van der Waals surface area (Å²) in [5.74, 6) is -0.623. The summed E-state index contributed by atoms with van der Waals surface area (Å²) >= 11 is 0. The Balaban J connectivity index is 1.16.